The van der Waals surface area contributed by atoms with Crippen LogP contribution in [0.25, 0.3) is 0 Å². The minimum atomic E-state index is -4.70. The van der Waals surface area contributed by atoms with Crippen LogP contribution < -0.4 is 9.05 Å². The maximum absolute atomic E-state index is 13.4. The summed E-state index contributed by atoms with van der Waals surface area (Å²) < 4.78 is 52.1. The van der Waals surface area contributed by atoms with Crippen LogP contribution in [0.4, 0.5) is 0 Å². The molecule has 0 radical (unpaired) electrons. The van der Waals surface area contributed by atoms with Gasteiger partial charge in [0.2, 0.25) is 0 Å². The van der Waals surface area contributed by atoms with Gasteiger partial charge in [-0.25, -0.2) is 9.13 Å². The highest BCUT2D eigenvalue weighted by molar-refractivity contribution is 7.62. The number of benzene rings is 2. The second-order valence-corrected chi connectivity index (χ2v) is 10.2. The quantitative estimate of drug-likeness (QED) is 0.291. The highest BCUT2D eigenvalue weighted by Gasteiger charge is 2.44. The Kier molecular flexibility index (Phi) is 9.17. The van der Waals surface area contributed by atoms with Crippen molar-refractivity contribution >= 4 is 62.0 Å². The smallest absolute Gasteiger partial charge is 0.393 e. The van der Waals surface area contributed by atoms with E-state index in [1.807, 2.05) is 0 Å². The van der Waals surface area contributed by atoms with Crippen molar-refractivity contribution in [2.45, 2.75) is 13.8 Å². The highest BCUT2D eigenvalue weighted by atomic mass is 35.5. The zero-order chi connectivity index (χ0) is 21.7. The summed E-state index contributed by atoms with van der Waals surface area (Å²) >= 11 is 23.8. The maximum atomic E-state index is 13.4. The molecule has 0 unspecified atom stereocenters. The van der Waals surface area contributed by atoms with Crippen LogP contribution in [0.2, 0.25) is 20.1 Å². The minimum Gasteiger partial charge on any atom is -0.393 e. The molecule has 2 aromatic rings. The van der Waals surface area contributed by atoms with E-state index in [9.17, 15) is 9.13 Å². The summed E-state index contributed by atoms with van der Waals surface area (Å²) in [4.78, 5) is 0. The monoisotopic (exact) mass is 522 g/mol. The van der Waals surface area contributed by atoms with E-state index in [2.05, 4.69) is 0 Å². The van der Waals surface area contributed by atoms with Gasteiger partial charge in [-0.2, -0.15) is 4.31 Å². The van der Waals surface area contributed by atoms with Gasteiger partial charge in [-0.15, -0.1) is 0 Å². The molecular weight excluding hydrogens is 508 g/mol. The Hall–Kier alpha value is -0.460. The first kappa shape index (κ1) is 24.8. The summed E-state index contributed by atoms with van der Waals surface area (Å²) in [7, 11) is -9.01. The Morgan fingerprint density at radius 3 is 1.48 bits per heavy atom. The molecule has 0 aliphatic carbocycles. The van der Waals surface area contributed by atoms with Gasteiger partial charge in [-0.05, 0) is 50.2 Å². The first-order chi connectivity index (χ1) is 13.6. The van der Waals surface area contributed by atoms with Crippen molar-refractivity contribution in [2.75, 3.05) is 13.2 Å². The third-order valence-corrected chi connectivity index (χ3v) is 7.63. The topological polar surface area (TPSA) is 80.3 Å². The van der Waals surface area contributed by atoms with Crippen molar-refractivity contribution in [1.82, 2.24) is 0 Å². The first-order valence-corrected chi connectivity index (χ1v) is 12.5. The normalized spacial score (nSPS) is 12.1. The van der Waals surface area contributed by atoms with E-state index < -0.39 is 15.6 Å². The average Bonchev–Trinajstić information content (AvgIpc) is 2.60. The molecule has 0 aliphatic heterocycles. The largest absolute Gasteiger partial charge is 0.596 e. The zero-order valence-electron chi connectivity index (χ0n) is 15.1. The lowest BCUT2D eigenvalue weighted by atomic mass is 10.3. The lowest BCUT2D eigenvalue weighted by Gasteiger charge is -2.23. The molecule has 0 aliphatic rings. The molecule has 0 aromatic heterocycles. The number of hydrogen-bond donors (Lipinski definition) is 0. The maximum Gasteiger partial charge on any atom is 0.596 e. The fourth-order valence-electron chi connectivity index (χ4n) is 1.91. The van der Waals surface area contributed by atoms with E-state index in [0.717, 1.165) is 0 Å². The zero-order valence-corrected chi connectivity index (χ0v) is 20.0. The molecule has 29 heavy (non-hydrogen) atoms. The molecule has 7 nitrogen and oxygen atoms in total. The summed E-state index contributed by atoms with van der Waals surface area (Å²) in [5.74, 6) is -0.215. The van der Waals surface area contributed by atoms with Crippen molar-refractivity contribution < 1.29 is 31.5 Å². The highest BCUT2D eigenvalue weighted by Crippen LogP contribution is 2.66. The first-order valence-electron chi connectivity index (χ1n) is 8.09. The van der Waals surface area contributed by atoms with Gasteiger partial charge < -0.3 is 9.05 Å². The van der Waals surface area contributed by atoms with Gasteiger partial charge in [-0.1, -0.05) is 46.4 Å². The Labute approximate surface area is 188 Å². The van der Waals surface area contributed by atoms with Crippen LogP contribution in [0.3, 0.4) is 0 Å². The van der Waals surface area contributed by atoms with Crippen molar-refractivity contribution in [3.63, 3.8) is 0 Å². The van der Waals surface area contributed by atoms with E-state index >= 15 is 0 Å². The van der Waals surface area contributed by atoms with Crippen molar-refractivity contribution in [1.29, 1.82) is 0 Å². The summed E-state index contributed by atoms with van der Waals surface area (Å²) in [5.41, 5.74) is 0. The predicted molar refractivity (Wildman–Crippen MR) is 114 cm³/mol. The number of halogens is 4. The van der Waals surface area contributed by atoms with Gasteiger partial charge in [0, 0.05) is 10.0 Å². The van der Waals surface area contributed by atoms with Crippen LogP contribution in [0.1, 0.15) is 13.8 Å². The average molecular weight is 524 g/mol. The molecule has 2 aromatic carbocycles. The Morgan fingerprint density at radius 1 is 0.724 bits per heavy atom. The standard InChI is InChI=1S/C16H16Cl4O7P2/c1-3-23-28(21,24-4-2)27-29(22,25-15-7-5-11(17)9-13(15)19)26-16-8-6-12(18)10-14(16)20/h5-10H,3-4H2,1-2H3. The van der Waals surface area contributed by atoms with Crippen molar-refractivity contribution in [3.8, 4) is 11.5 Å². The molecule has 0 heterocycles. The molecule has 13 heteroatoms. The van der Waals surface area contributed by atoms with Gasteiger partial charge >= 0.3 is 15.6 Å². The molecule has 2 rings (SSSR count). The molecule has 0 N–H and O–H groups in total. The second-order valence-electron chi connectivity index (χ2n) is 5.14. The fourth-order valence-corrected chi connectivity index (χ4v) is 6.08. The molecule has 0 fully saturated rings. The Bertz CT molecular complexity index is 889. The lowest BCUT2D eigenvalue weighted by molar-refractivity contribution is 0.153. The molecule has 0 atom stereocenters. The van der Waals surface area contributed by atoms with Gasteiger partial charge in [0.1, 0.15) is 0 Å². The molecule has 0 amide bonds. The molecular formula is C16H16Cl4O7P2. The molecule has 0 bridgehead atoms. The third-order valence-electron chi connectivity index (χ3n) is 2.98. The van der Waals surface area contributed by atoms with E-state index in [1.165, 1.54) is 36.4 Å². The van der Waals surface area contributed by atoms with E-state index in [4.69, 9.17) is 68.8 Å². The van der Waals surface area contributed by atoms with Crippen LogP contribution in [0.15, 0.2) is 36.4 Å². The van der Waals surface area contributed by atoms with Gasteiger partial charge in [-0.3, -0.25) is 9.05 Å². The van der Waals surface area contributed by atoms with Crippen LogP contribution in [0.5, 0.6) is 11.5 Å². The number of phosphoric acid groups is 2. The number of hydrogen-bond acceptors (Lipinski definition) is 7. The Balaban J connectivity index is 2.45. The van der Waals surface area contributed by atoms with Crippen LogP contribution in [0, 0.1) is 0 Å². The molecule has 0 saturated heterocycles. The number of rotatable bonds is 10. The van der Waals surface area contributed by atoms with Crippen LogP contribution >= 0.6 is 62.0 Å². The molecule has 160 valence electrons. The molecule has 0 saturated carbocycles. The van der Waals surface area contributed by atoms with E-state index in [1.54, 1.807) is 13.8 Å². The summed E-state index contributed by atoms with van der Waals surface area (Å²) in [6.45, 7) is 2.99. The number of phosphoric ester groups is 2. The van der Waals surface area contributed by atoms with E-state index in [0.29, 0.717) is 10.0 Å². The van der Waals surface area contributed by atoms with Crippen molar-refractivity contribution in [2.24, 2.45) is 0 Å². The predicted octanol–water partition coefficient (Wildman–Crippen LogP) is 8.06. The third kappa shape index (κ3) is 7.32. The summed E-state index contributed by atoms with van der Waals surface area (Å²) in [6.07, 6.45) is 0. The molecule has 0 spiro atoms. The van der Waals surface area contributed by atoms with E-state index in [-0.39, 0.29) is 34.8 Å². The SMILES string of the molecule is CCOP(=O)(OCC)OP(=O)(Oc1ccc(Cl)cc1Cl)Oc1ccc(Cl)cc1Cl. The van der Waals surface area contributed by atoms with Gasteiger partial charge in [0.15, 0.2) is 11.5 Å². The summed E-state index contributed by atoms with van der Waals surface area (Å²) in [5, 5.41) is 0.646. The second kappa shape index (κ2) is 10.7. The van der Waals surface area contributed by atoms with Gasteiger partial charge in [0.25, 0.3) is 0 Å². The van der Waals surface area contributed by atoms with Gasteiger partial charge in [0.05, 0.1) is 23.3 Å². The minimum absolute atomic E-state index is 0.00906. The summed E-state index contributed by atoms with van der Waals surface area (Å²) in [6, 6.07) is 8.24. The van der Waals surface area contributed by atoms with Crippen LogP contribution in [-0.2, 0) is 22.5 Å². The lowest BCUT2D eigenvalue weighted by Crippen LogP contribution is -2.08. The van der Waals surface area contributed by atoms with Crippen molar-refractivity contribution in [3.05, 3.63) is 56.5 Å². The van der Waals surface area contributed by atoms with Crippen LogP contribution in [-0.4, -0.2) is 13.2 Å². The Morgan fingerprint density at radius 2 is 1.14 bits per heavy atom. The fraction of sp³-hybridized carbons (Fsp3) is 0.250.